The summed E-state index contributed by atoms with van der Waals surface area (Å²) in [7, 11) is 1.82. The summed E-state index contributed by atoms with van der Waals surface area (Å²) in [6.07, 6.45) is 5.74. The van der Waals surface area contributed by atoms with Crippen LogP contribution in [0.25, 0.3) is 11.1 Å². The van der Waals surface area contributed by atoms with Crippen molar-refractivity contribution in [1.82, 2.24) is 25.0 Å². The molecule has 2 aliphatic heterocycles. The molecule has 10 heteroatoms. The van der Waals surface area contributed by atoms with Gasteiger partial charge in [-0.25, -0.2) is 4.98 Å². The number of rotatable bonds is 4. The number of nitrogens with one attached hydrogen (secondary N) is 1. The minimum Gasteiger partial charge on any atom is -0.480 e. The zero-order valence-electron chi connectivity index (χ0n) is 18.0. The second-order valence-corrected chi connectivity index (χ2v) is 8.80. The van der Waals surface area contributed by atoms with Gasteiger partial charge in [-0.15, -0.1) is 0 Å². The number of likely N-dealkylation sites (tertiary alicyclic amines) is 1. The normalized spacial score (nSPS) is 19.3. The first-order valence-corrected chi connectivity index (χ1v) is 11.0. The van der Waals surface area contributed by atoms with Crippen molar-refractivity contribution in [2.45, 2.75) is 25.0 Å². The summed E-state index contributed by atoms with van der Waals surface area (Å²) in [6.45, 7) is 0.960. The van der Waals surface area contributed by atoms with Crippen LogP contribution < -0.4 is 15.8 Å². The fraction of sp³-hybridized carbons (Fsp3) is 0.304. The van der Waals surface area contributed by atoms with Crippen LogP contribution >= 0.6 is 11.6 Å². The van der Waals surface area contributed by atoms with Crippen molar-refractivity contribution < 1.29 is 14.3 Å². The van der Waals surface area contributed by atoms with Crippen LogP contribution in [0.15, 0.2) is 42.9 Å². The van der Waals surface area contributed by atoms with E-state index < -0.39 is 6.10 Å². The number of nitrogen functional groups attached to an aromatic ring is 1. The monoisotopic (exact) mass is 466 g/mol. The number of nitrogens with zero attached hydrogens (tertiary/aromatic N) is 4. The molecule has 170 valence electrons. The zero-order valence-corrected chi connectivity index (χ0v) is 18.7. The molecular formula is C23H23ClN6O3. The van der Waals surface area contributed by atoms with Crippen LogP contribution in [-0.4, -0.2) is 56.7 Å². The fourth-order valence-corrected chi connectivity index (χ4v) is 4.48. The molecule has 2 aromatic heterocycles. The van der Waals surface area contributed by atoms with Crippen LogP contribution in [0.2, 0.25) is 5.02 Å². The summed E-state index contributed by atoms with van der Waals surface area (Å²) < 4.78 is 7.50. The molecule has 3 N–H and O–H groups in total. The Balaban J connectivity index is 1.22. The fourth-order valence-electron chi connectivity index (χ4n) is 4.29. The highest BCUT2D eigenvalue weighted by Crippen LogP contribution is 2.32. The third-order valence-corrected chi connectivity index (χ3v) is 6.24. The lowest BCUT2D eigenvalue weighted by molar-refractivity contribution is -0.136. The molecule has 1 aromatic carbocycles. The minimum atomic E-state index is -0.566. The van der Waals surface area contributed by atoms with Crippen LogP contribution in [0.4, 0.5) is 5.82 Å². The molecule has 9 nitrogen and oxygen atoms in total. The Morgan fingerprint density at radius 1 is 1.24 bits per heavy atom. The molecule has 4 heterocycles. The highest BCUT2D eigenvalue weighted by Gasteiger charge is 2.36. The van der Waals surface area contributed by atoms with Gasteiger partial charge in [0.15, 0.2) is 6.10 Å². The molecule has 33 heavy (non-hydrogen) atoms. The molecule has 0 radical (unpaired) electrons. The Kier molecular flexibility index (Phi) is 5.41. The number of hydrogen-bond donors (Lipinski definition) is 2. The quantitative estimate of drug-likeness (QED) is 0.608. The third kappa shape index (κ3) is 4.23. The van der Waals surface area contributed by atoms with Crippen LogP contribution in [-0.2, 0) is 18.3 Å². The summed E-state index contributed by atoms with van der Waals surface area (Å²) >= 11 is 6.04. The average molecular weight is 467 g/mol. The molecule has 5 rings (SSSR count). The Morgan fingerprint density at radius 2 is 2.09 bits per heavy atom. The molecule has 2 atom stereocenters. The summed E-state index contributed by atoms with van der Waals surface area (Å²) in [4.78, 5) is 31.8. The molecule has 0 aliphatic carbocycles. The molecule has 1 saturated heterocycles. The second kappa shape index (κ2) is 8.40. The predicted octanol–water partition coefficient (Wildman–Crippen LogP) is 2.05. The Labute approximate surface area is 195 Å². The molecule has 1 unspecified atom stereocenters. The molecule has 0 spiro atoms. The molecular weight excluding hydrogens is 444 g/mol. The number of carbonyl (C=O) groups is 2. The Hall–Kier alpha value is -3.59. The van der Waals surface area contributed by atoms with Crippen LogP contribution in [0, 0.1) is 0 Å². The maximum Gasteiger partial charge on any atom is 0.264 e. The van der Waals surface area contributed by atoms with Crippen molar-refractivity contribution in [2.24, 2.45) is 7.05 Å². The number of aromatic nitrogens is 3. The van der Waals surface area contributed by atoms with E-state index in [1.807, 2.05) is 19.3 Å². The molecule has 2 amide bonds. The van der Waals surface area contributed by atoms with E-state index in [1.165, 1.54) is 0 Å². The molecule has 3 aromatic rings. The Morgan fingerprint density at radius 3 is 2.88 bits per heavy atom. The number of halogens is 1. The maximum atomic E-state index is 13.0. The third-order valence-electron chi connectivity index (χ3n) is 6.01. The van der Waals surface area contributed by atoms with Crippen LogP contribution in [0.3, 0.4) is 0 Å². The lowest BCUT2D eigenvalue weighted by atomic mass is 10.1. The summed E-state index contributed by atoms with van der Waals surface area (Å²) in [5.74, 6) is 0.447. The van der Waals surface area contributed by atoms with Gasteiger partial charge < -0.3 is 20.7 Å². The lowest BCUT2D eigenvalue weighted by Crippen LogP contribution is -2.43. The van der Waals surface area contributed by atoms with Crippen molar-refractivity contribution in [1.29, 1.82) is 0 Å². The number of benzene rings is 1. The minimum absolute atomic E-state index is 0.0844. The van der Waals surface area contributed by atoms with Crippen molar-refractivity contribution >= 4 is 29.2 Å². The van der Waals surface area contributed by atoms with Crippen molar-refractivity contribution in [3.63, 3.8) is 0 Å². The van der Waals surface area contributed by atoms with Gasteiger partial charge in [-0.3, -0.25) is 14.3 Å². The van der Waals surface area contributed by atoms with Crippen molar-refractivity contribution in [2.75, 3.05) is 18.8 Å². The molecule has 0 bridgehead atoms. The van der Waals surface area contributed by atoms with Crippen LogP contribution in [0.5, 0.6) is 5.75 Å². The van der Waals surface area contributed by atoms with E-state index in [9.17, 15) is 9.59 Å². The van der Waals surface area contributed by atoms with Gasteiger partial charge in [0, 0.05) is 61.1 Å². The van der Waals surface area contributed by atoms with E-state index in [2.05, 4.69) is 15.4 Å². The first-order valence-electron chi connectivity index (χ1n) is 10.7. The van der Waals surface area contributed by atoms with E-state index in [4.69, 9.17) is 22.1 Å². The smallest absolute Gasteiger partial charge is 0.264 e. The average Bonchev–Trinajstić information content (AvgIpc) is 3.53. The summed E-state index contributed by atoms with van der Waals surface area (Å²) in [6, 6.07) is 6.89. The van der Waals surface area contributed by atoms with Crippen LogP contribution in [0.1, 0.15) is 22.3 Å². The summed E-state index contributed by atoms with van der Waals surface area (Å²) in [5, 5.41) is 7.76. The van der Waals surface area contributed by atoms with E-state index in [1.54, 1.807) is 40.2 Å². The first kappa shape index (κ1) is 21.3. The summed E-state index contributed by atoms with van der Waals surface area (Å²) in [5.41, 5.74) is 8.80. The molecule has 2 aliphatic rings. The number of hydrogen-bond acceptors (Lipinski definition) is 6. The van der Waals surface area contributed by atoms with Gasteiger partial charge in [0.2, 0.25) is 0 Å². The number of pyridine rings is 1. The van der Waals surface area contributed by atoms with E-state index in [0.717, 1.165) is 16.7 Å². The second-order valence-electron chi connectivity index (χ2n) is 8.37. The highest BCUT2D eigenvalue weighted by atomic mass is 35.5. The van der Waals surface area contributed by atoms with Gasteiger partial charge in [0.1, 0.15) is 11.6 Å². The predicted molar refractivity (Wildman–Crippen MR) is 123 cm³/mol. The van der Waals surface area contributed by atoms with Gasteiger partial charge in [-0.1, -0.05) is 11.6 Å². The standard InChI is InChI=1S/C23H23ClN6O3/c1-29-11-15(10-27-29)14-7-18(21(25)26-9-14)22(31)28-17-4-5-30(12-17)23(32)20-8-13-6-16(24)2-3-19(13)33-20/h2-3,6-7,9-11,17,20H,4-5,8,12H2,1H3,(H2,25,26)(H,28,31)/t17-,20?/m1/s1. The van der Waals surface area contributed by atoms with Gasteiger partial charge >= 0.3 is 0 Å². The van der Waals surface area contributed by atoms with Gasteiger partial charge in [0.25, 0.3) is 11.8 Å². The van der Waals surface area contributed by atoms with Gasteiger partial charge in [0.05, 0.1) is 11.8 Å². The highest BCUT2D eigenvalue weighted by molar-refractivity contribution is 6.30. The lowest BCUT2D eigenvalue weighted by Gasteiger charge is -2.20. The van der Waals surface area contributed by atoms with Crippen molar-refractivity contribution in [3.05, 3.63) is 59.0 Å². The van der Waals surface area contributed by atoms with E-state index in [0.29, 0.717) is 42.3 Å². The number of fused-ring (bicyclic) bond motifs is 1. The zero-order chi connectivity index (χ0) is 23.1. The number of ether oxygens (including phenoxy) is 1. The number of anilines is 1. The van der Waals surface area contributed by atoms with E-state index in [-0.39, 0.29) is 23.7 Å². The topological polar surface area (TPSA) is 115 Å². The number of amides is 2. The number of aryl methyl sites for hydroxylation is 1. The van der Waals surface area contributed by atoms with Gasteiger partial charge in [-0.2, -0.15) is 5.10 Å². The number of carbonyl (C=O) groups excluding carboxylic acids is 2. The molecule has 1 fully saturated rings. The first-order chi connectivity index (χ1) is 15.9. The molecule has 0 saturated carbocycles. The van der Waals surface area contributed by atoms with Gasteiger partial charge in [-0.05, 0) is 36.2 Å². The largest absolute Gasteiger partial charge is 0.480 e. The number of nitrogens with two attached hydrogens (primary N) is 1. The van der Waals surface area contributed by atoms with Crippen molar-refractivity contribution in [3.8, 4) is 16.9 Å². The Bertz CT molecular complexity index is 1240. The maximum absolute atomic E-state index is 13.0. The van der Waals surface area contributed by atoms with E-state index >= 15 is 0 Å². The SMILES string of the molecule is Cn1cc(-c2cnc(N)c(C(=O)N[C@@H]3CCN(C(=O)C4Cc5cc(Cl)ccc5O4)C3)c2)cn1.